The van der Waals surface area contributed by atoms with Crippen LogP contribution in [0.1, 0.15) is 0 Å². The average molecular weight is 435 g/mol. The van der Waals surface area contributed by atoms with Gasteiger partial charge in [-0.2, -0.15) is 4.98 Å². The fourth-order valence-electron chi connectivity index (χ4n) is 3.62. The van der Waals surface area contributed by atoms with Crippen molar-refractivity contribution < 1.29 is 4.52 Å². The number of rotatable bonds is 3. The minimum absolute atomic E-state index is 0.594. The molecule has 140 valence electrons. The van der Waals surface area contributed by atoms with Crippen molar-refractivity contribution in [3.63, 3.8) is 0 Å². The molecule has 0 atom stereocenters. The van der Waals surface area contributed by atoms with E-state index in [4.69, 9.17) is 4.52 Å². The summed E-state index contributed by atoms with van der Waals surface area (Å²) in [6, 6.07) is 23.5. The molecule has 0 amide bonds. The Hall–Kier alpha value is -2.86. The predicted octanol–water partition coefficient (Wildman–Crippen LogP) is 4.98. The van der Waals surface area contributed by atoms with Crippen molar-refractivity contribution in [3.8, 4) is 11.4 Å². The van der Waals surface area contributed by atoms with E-state index < -0.39 is 0 Å². The summed E-state index contributed by atoms with van der Waals surface area (Å²) >= 11 is 3.55. The molecule has 1 aliphatic heterocycles. The summed E-state index contributed by atoms with van der Waals surface area (Å²) < 4.78 is 6.67. The van der Waals surface area contributed by atoms with Crippen LogP contribution in [0.25, 0.3) is 22.2 Å². The maximum atomic E-state index is 5.57. The van der Waals surface area contributed by atoms with E-state index in [9.17, 15) is 0 Å². The number of anilines is 2. The monoisotopic (exact) mass is 434 g/mol. The lowest BCUT2D eigenvalue weighted by atomic mass is 10.1. The third-order valence-corrected chi connectivity index (χ3v) is 5.64. The highest BCUT2D eigenvalue weighted by Crippen LogP contribution is 2.26. The number of aromatic nitrogens is 2. The molecule has 0 aliphatic carbocycles. The summed E-state index contributed by atoms with van der Waals surface area (Å²) in [5.74, 6) is 0.634. The quantitative estimate of drug-likeness (QED) is 0.454. The van der Waals surface area contributed by atoms with Crippen molar-refractivity contribution in [2.45, 2.75) is 0 Å². The lowest BCUT2D eigenvalue weighted by molar-refractivity contribution is 0.409. The van der Waals surface area contributed by atoms with Gasteiger partial charge in [-0.15, -0.1) is 0 Å². The second kappa shape index (κ2) is 7.28. The van der Waals surface area contributed by atoms with E-state index in [1.165, 1.54) is 16.5 Å². The summed E-state index contributed by atoms with van der Waals surface area (Å²) in [6.07, 6.45) is 0. The van der Waals surface area contributed by atoms with E-state index in [0.717, 1.165) is 36.2 Å². The van der Waals surface area contributed by atoms with Crippen LogP contribution in [0.4, 0.5) is 11.7 Å². The lowest BCUT2D eigenvalue weighted by Crippen LogP contribution is -2.46. The molecule has 1 saturated heterocycles. The summed E-state index contributed by atoms with van der Waals surface area (Å²) in [4.78, 5) is 9.18. The molecule has 1 aliphatic rings. The van der Waals surface area contributed by atoms with E-state index in [-0.39, 0.29) is 0 Å². The van der Waals surface area contributed by atoms with Crippen LogP contribution in [0.15, 0.2) is 75.7 Å². The maximum Gasteiger partial charge on any atom is 0.324 e. The summed E-state index contributed by atoms with van der Waals surface area (Å²) in [5, 5.41) is 6.59. The second-order valence-electron chi connectivity index (χ2n) is 6.92. The number of fused-ring (bicyclic) bond motifs is 1. The van der Waals surface area contributed by atoms with Gasteiger partial charge in [-0.05, 0) is 35.0 Å². The molecule has 0 spiro atoms. The first-order chi connectivity index (χ1) is 13.8. The third-order valence-electron chi connectivity index (χ3n) is 5.15. The van der Waals surface area contributed by atoms with Crippen molar-refractivity contribution in [2.24, 2.45) is 0 Å². The lowest BCUT2D eigenvalue weighted by Gasteiger charge is -2.35. The zero-order valence-corrected chi connectivity index (χ0v) is 16.8. The van der Waals surface area contributed by atoms with Gasteiger partial charge >= 0.3 is 6.01 Å². The second-order valence-corrected chi connectivity index (χ2v) is 7.83. The molecule has 5 rings (SSSR count). The first-order valence-electron chi connectivity index (χ1n) is 9.35. The smallest absolute Gasteiger partial charge is 0.324 e. The van der Waals surface area contributed by atoms with Gasteiger partial charge in [-0.3, -0.25) is 0 Å². The normalized spacial score (nSPS) is 14.6. The van der Waals surface area contributed by atoms with Crippen LogP contribution in [0, 0.1) is 0 Å². The van der Waals surface area contributed by atoms with Gasteiger partial charge in [0.15, 0.2) is 0 Å². The highest BCUT2D eigenvalue weighted by Gasteiger charge is 2.22. The van der Waals surface area contributed by atoms with E-state index in [2.05, 4.69) is 78.3 Å². The predicted molar refractivity (Wildman–Crippen MR) is 116 cm³/mol. The maximum absolute atomic E-state index is 5.57. The first-order valence-corrected chi connectivity index (χ1v) is 10.1. The first kappa shape index (κ1) is 17.3. The Kier molecular flexibility index (Phi) is 4.49. The zero-order valence-electron chi connectivity index (χ0n) is 15.3. The van der Waals surface area contributed by atoms with Crippen LogP contribution >= 0.6 is 15.9 Å². The highest BCUT2D eigenvalue weighted by molar-refractivity contribution is 9.10. The number of piperazine rings is 1. The van der Waals surface area contributed by atoms with E-state index in [1.54, 1.807) is 0 Å². The minimum Gasteiger partial charge on any atom is -0.368 e. The highest BCUT2D eigenvalue weighted by atomic mass is 79.9. The number of halogens is 1. The Balaban J connectivity index is 1.31. The van der Waals surface area contributed by atoms with Gasteiger partial charge in [0.25, 0.3) is 0 Å². The molecule has 1 aromatic heterocycles. The molecular weight excluding hydrogens is 416 g/mol. The van der Waals surface area contributed by atoms with Crippen LogP contribution in [0.5, 0.6) is 0 Å². The van der Waals surface area contributed by atoms with Crippen LogP contribution in [-0.2, 0) is 0 Å². The van der Waals surface area contributed by atoms with E-state index >= 15 is 0 Å². The molecule has 28 heavy (non-hydrogen) atoms. The Morgan fingerprint density at radius 3 is 2.39 bits per heavy atom. The Labute approximate surface area is 171 Å². The van der Waals surface area contributed by atoms with Gasteiger partial charge in [0, 0.05) is 41.9 Å². The zero-order chi connectivity index (χ0) is 18.9. The molecule has 0 saturated carbocycles. The molecule has 5 nitrogen and oxygen atoms in total. The van der Waals surface area contributed by atoms with Crippen LogP contribution in [-0.4, -0.2) is 36.3 Å². The van der Waals surface area contributed by atoms with Crippen molar-refractivity contribution in [3.05, 3.63) is 71.2 Å². The average Bonchev–Trinajstić information content (AvgIpc) is 3.24. The summed E-state index contributed by atoms with van der Waals surface area (Å²) in [5.41, 5.74) is 2.21. The topological polar surface area (TPSA) is 45.4 Å². The number of hydrogen-bond donors (Lipinski definition) is 0. The Morgan fingerprint density at radius 1 is 0.786 bits per heavy atom. The molecule has 1 fully saturated rings. The van der Waals surface area contributed by atoms with Crippen molar-refractivity contribution in [1.82, 2.24) is 10.1 Å². The molecule has 0 radical (unpaired) electrons. The molecule has 3 aromatic carbocycles. The summed E-state index contributed by atoms with van der Waals surface area (Å²) in [6.45, 7) is 3.55. The van der Waals surface area contributed by atoms with Gasteiger partial charge in [0.2, 0.25) is 5.82 Å². The molecule has 0 bridgehead atoms. The summed E-state index contributed by atoms with van der Waals surface area (Å²) in [7, 11) is 0. The largest absolute Gasteiger partial charge is 0.368 e. The standard InChI is InChI=1S/C22H19BrN4O/c23-19-6-3-7-20(15-19)26-10-12-27(13-11-26)22-24-21(25-28-22)18-9-8-16-4-1-2-5-17(16)14-18/h1-9,14-15H,10-13H2. The van der Waals surface area contributed by atoms with Gasteiger partial charge in [-0.1, -0.05) is 63.6 Å². The molecule has 0 N–H and O–H groups in total. The molecule has 4 aromatic rings. The van der Waals surface area contributed by atoms with Gasteiger partial charge in [0.1, 0.15) is 0 Å². The van der Waals surface area contributed by atoms with Crippen molar-refractivity contribution in [2.75, 3.05) is 36.0 Å². The molecule has 0 unspecified atom stereocenters. The van der Waals surface area contributed by atoms with Crippen LogP contribution in [0.2, 0.25) is 0 Å². The molecular formula is C22H19BrN4O. The third kappa shape index (κ3) is 3.36. The fourth-order valence-corrected chi connectivity index (χ4v) is 4.01. The Bertz CT molecular complexity index is 1120. The number of benzene rings is 3. The van der Waals surface area contributed by atoms with Crippen molar-refractivity contribution in [1.29, 1.82) is 0 Å². The number of nitrogens with zero attached hydrogens (tertiary/aromatic N) is 4. The minimum atomic E-state index is 0.594. The fraction of sp³-hybridized carbons (Fsp3) is 0.182. The Morgan fingerprint density at radius 2 is 1.57 bits per heavy atom. The van der Waals surface area contributed by atoms with Crippen LogP contribution in [0.3, 0.4) is 0 Å². The van der Waals surface area contributed by atoms with Gasteiger partial charge in [0.05, 0.1) is 0 Å². The van der Waals surface area contributed by atoms with Gasteiger partial charge < -0.3 is 14.3 Å². The van der Waals surface area contributed by atoms with Gasteiger partial charge in [-0.25, -0.2) is 0 Å². The SMILES string of the molecule is Brc1cccc(N2CCN(c3nc(-c4ccc5ccccc5c4)no3)CC2)c1. The van der Waals surface area contributed by atoms with Crippen molar-refractivity contribution >= 4 is 38.4 Å². The number of hydrogen-bond acceptors (Lipinski definition) is 5. The molecule has 2 heterocycles. The van der Waals surface area contributed by atoms with Crippen LogP contribution < -0.4 is 9.80 Å². The molecule has 6 heteroatoms. The van der Waals surface area contributed by atoms with E-state index in [0.29, 0.717) is 11.8 Å². The van der Waals surface area contributed by atoms with E-state index in [1.807, 2.05) is 24.3 Å².